The van der Waals surface area contributed by atoms with Gasteiger partial charge in [0, 0.05) is 6.54 Å². The summed E-state index contributed by atoms with van der Waals surface area (Å²) in [5, 5.41) is 2.86. The van der Waals surface area contributed by atoms with Crippen molar-refractivity contribution in [2.45, 2.75) is 26.7 Å². The van der Waals surface area contributed by atoms with Gasteiger partial charge in [0.25, 0.3) is 0 Å². The summed E-state index contributed by atoms with van der Waals surface area (Å²) in [5.41, 5.74) is 0.414. The molecular weight excluding hydrogens is 138 g/mol. The van der Waals surface area contributed by atoms with E-state index in [-0.39, 0.29) is 5.91 Å². The van der Waals surface area contributed by atoms with Crippen LogP contribution in [-0.2, 0) is 4.79 Å². The van der Waals surface area contributed by atoms with Gasteiger partial charge in [-0.3, -0.25) is 4.79 Å². The van der Waals surface area contributed by atoms with Crippen LogP contribution in [0.1, 0.15) is 26.7 Å². The first kappa shape index (κ1) is 8.31. The summed E-state index contributed by atoms with van der Waals surface area (Å²) in [4.78, 5) is 10.9. The fourth-order valence-corrected chi connectivity index (χ4v) is 0.901. The normalized spacial score (nSPS) is 20.2. The monoisotopic (exact) mass is 153 g/mol. The first-order valence-corrected chi connectivity index (χ1v) is 4.07. The Bertz CT molecular complexity index is 180. The minimum Gasteiger partial charge on any atom is -0.352 e. The van der Waals surface area contributed by atoms with E-state index in [9.17, 15) is 4.79 Å². The Morgan fingerprint density at radius 2 is 2.27 bits per heavy atom. The summed E-state index contributed by atoms with van der Waals surface area (Å²) in [6.45, 7) is 4.87. The van der Waals surface area contributed by atoms with Gasteiger partial charge in [-0.25, -0.2) is 0 Å². The molecule has 1 aliphatic carbocycles. The lowest BCUT2D eigenvalue weighted by Crippen LogP contribution is -2.27. The molecule has 1 amide bonds. The van der Waals surface area contributed by atoms with Crippen LogP contribution in [0.15, 0.2) is 12.2 Å². The van der Waals surface area contributed by atoms with Crippen LogP contribution in [0.5, 0.6) is 0 Å². The molecule has 2 heteroatoms. The largest absolute Gasteiger partial charge is 0.352 e. The highest BCUT2D eigenvalue weighted by atomic mass is 16.1. The molecule has 0 saturated heterocycles. The number of hydrogen-bond donors (Lipinski definition) is 1. The zero-order chi connectivity index (χ0) is 8.32. The smallest absolute Gasteiger partial charge is 0.243 e. The zero-order valence-electron chi connectivity index (χ0n) is 7.18. The van der Waals surface area contributed by atoms with Crippen LogP contribution in [-0.4, -0.2) is 12.5 Å². The molecule has 0 atom stereocenters. The first-order chi connectivity index (χ1) is 5.16. The number of nitrogens with one attached hydrogen (secondary N) is 1. The summed E-state index contributed by atoms with van der Waals surface area (Å²) in [7, 11) is 0. The third-order valence-electron chi connectivity index (χ3n) is 2.11. The lowest BCUT2D eigenvalue weighted by Gasteiger charge is -2.07. The number of carbonyl (C=O) groups is 1. The third-order valence-corrected chi connectivity index (χ3v) is 2.11. The van der Waals surface area contributed by atoms with Gasteiger partial charge in [-0.15, -0.1) is 0 Å². The van der Waals surface area contributed by atoms with Crippen LogP contribution < -0.4 is 5.32 Å². The maximum atomic E-state index is 10.9. The van der Waals surface area contributed by atoms with Crippen LogP contribution in [0, 0.1) is 5.41 Å². The average molecular weight is 153 g/mol. The average Bonchev–Trinajstić information content (AvgIpc) is 2.66. The molecule has 11 heavy (non-hydrogen) atoms. The Balaban J connectivity index is 2.16. The fraction of sp³-hybridized carbons (Fsp3) is 0.667. The molecule has 0 bridgehead atoms. The standard InChI is InChI=1S/C9H15NO/c1-3-4-8(11)10-7-9(2)5-6-9/h3-4H,5-7H2,1-2H3,(H,10,11)/b4-3+. The maximum Gasteiger partial charge on any atom is 0.243 e. The van der Waals surface area contributed by atoms with Gasteiger partial charge < -0.3 is 5.32 Å². The molecule has 0 aromatic rings. The predicted molar refractivity (Wildman–Crippen MR) is 45.2 cm³/mol. The van der Waals surface area contributed by atoms with E-state index in [4.69, 9.17) is 0 Å². The van der Waals surface area contributed by atoms with Crippen molar-refractivity contribution in [1.82, 2.24) is 5.32 Å². The van der Waals surface area contributed by atoms with E-state index in [0.29, 0.717) is 5.41 Å². The second-order valence-electron chi connectivity index (χ2n) is 3.53. The van der Waals surface area contributed by atoms with Crippen LogP contribution in [0.3, 0.4) is 0 Å². The molecule has 2 nitrogen and oxygen atoms in total. The van der Waals surface area contributed by atoms with E-state index in [0.717, 1.165) is 6.54 Å². The van der Waals surface area contributed by atoms with Crippen molar-refractivity contribution in [2.75, 3.05) is 6.54 Å². The van der Waals surface area contributed by atoms with Crippen LogP contribution in [0.4, 0.5) is 0 Å². The second-order valence-corrected chi connectivity index (χ2v) is 3.53. The lowest BCUT2D eigenvalue weighted by molar-refractivity contribution is -0.116. The molecule has 1 fully saturated rings. The van der Waals surface area contributed by atoms with Gasteiger partial charge in [-0.2, -0.15) is 0 Å². The Hall–Kier alpha value is -0.790. The van der Waals surface area contributed by atoms with Crippen LogP contribution in [0.25, 0.3) is 0 Å². The van der Waals surface area contributed by atoms with Gasteiger partial charge >= 0.3 is 0 Å². The lowest BCUT2D eigenvalue weighted by atomic mass is 10.1. The van der Waals surface area contributed by atoms with E-state index in [1.54, 1.807) is 12.2 Å². The molecule has 0 aromatic heterocycles. The SMILES string of the molecule is C/C=C/C(=O)NCC1(C)CC1. The molecule has 0 aliphatic heterocycles. The van der Waals surface area contributed by atoms with E-state index >= 15 is 0 Å². The quantitative estimate of drug-likeness (QED) is 0.611. The van der Waals surface area contributed by atoms with Crippen molar-refractivity contribution in [2.24, 2.45) is 5.41 Å². The van der Waals surface area contributed by atoms with Gasteiger partial charge in [0.05, 0.1) is 0 Å². The summed E-state index contributed by atoms with van der Waals surface area (Å²) in [5.74, 6) is 0.0284. The highest BCUT2D eigenvalue weighted by Crippen LogP contribution is 2.43. The van der Waals surface area contributed by atoms with Crippen molar-refractivity contribution in [3.63, 3.8) is 0 Å². The number of rotatable bonds is 3. The minimum absolute atomic E-state index is 0.0284. The summed E-state index contributed by atoms with van der Waals surface area (Å²) in [6.07, 6.45) is 5.82. The van der Waals surface area contributed by atoms with E-state index in [1.807, 2.05) is 6.92 Å². The topological polar surface area (TPSA) is 29.1 Å². The number of amides is 1. The second kappa shape index (κ2) is 3.07. The molecule has 62 valence electrons. The molecule has 0 heterocycles. The Kier molecular flexibility index (Phi) is 2.32. The predicted octanol–water partition coefficient (Wildman–Crippen LogP) is 1.48. The van der Waals surface area contributed by atoms with Crippen LogP contribution in [0.2, 0.25) is 0 Å². The molecule has 0 unspecified atom stereocenters. The van der Waals surface area contributed by atoms with Gasteiger partial charge in [-0.05, 0) is 31.3 Å². The summed E-state index contributed by atoms with van der Waals surface area (Å²) < 4.78 is 0. The van der Waals surface area contributed by atoms with Gasteiger partial charge in [0.1, 0.15) is 0 Å². The van der Waals surface area contributed by atoms with E-state index in [2.05, 4.69) is 12.2 Å². The van der Waals surface area contributed by atoms with Crippen molar-refractivity contribution < 1.29 is 4.79 Å². The molecular formula is C9H15NO. The molecule has 1 N–H and O–H groups in total. The zero-order valence-corrected chi connectivity index (χ0v) is 7.18. The number of hydrogen-bond acceptors (Lipinski definition) is 1. The Labute approximate surface area is 67.7 Å². The van der Waals surface area contributed by atoms with Crippen molar-refractivity contribution in [3.05, 3.63) is 12.2 Å². The Morgan fingerprint density at radius 1 is 1.64 bits per heavy atom. The number of carbonyl (C=O) groups excluding carboxylic acids is 1. The molecule has 0 aromatic carbocycles. The van der Waals surface area contributed by atoms with E-state index < -0.39 is 0 Å². The van der Waals surface area contributed by atoms with Gasteiger partial charge in [0.2, 0.25) is 5.91 Å². The molecule has 0 radical (unpaired) electrons. The van der Waals surface area contributed by atoms with Gasteiger partial charge in [-0.1, -0.05) is 13.0 Å². The molecule has 0 spiro atoms. The summed E-state index contributed by atoms with van der Waals surface area (Å²) in [6, 6.07) is 0. The van der Waals surface area contributed by atoms with Crippen molar-refractivity contribution >= 4 is 5.91 Å². The molecule has 1 aliphatic rings. The first-order valence-electron chi connectivity index (χ1n) is 4.07. The third kappa shape index (κ3) is 2.74. The van der Waals surface area contributed by atoms with Gasteiger partial charge in [0.15, 0.2) is 0 Å². The minimum atomic E-state index is 0.0284. The van der Waals surface area contributed by atoms with E-state index in [1.165, 1.54) is 12.8 Å². The fourth-order valence-electron chi connectivity index (χ4n) is 0.901. The molecule has 1 rings (SSSR count). The summed E-state index contributed by atoms with van der Waals surface area (Å²) >= 11 is 0. The highest BCUT2D eigenvalue weighted by Gasteiger charge is 2.36. The molecule has 1 saturated carbocycles. The van der Waals surface area contributed by atoms with Crippen molar-refractivity contribution in [1.29, 1.82) is 0 Å². The number of allylic oxidation sites excluding steroid dienone is 1. The van der Waals surface area contributed by atoms with Crippen molar-refractivity contribution in [3.8, 4) is 0 Å². The maximum absolute atomic E-state index is 10.9. The highest BCUT2D eigenvalue weighted by molar-refractivity contribution is 5.87. The Morgan fingerprint density at radius 3 is 2.73 bits per heavy atom. The van der Waals surface area contributed by atoms with Crippen LogP contribution >= 0.6 is 0 Å².